The highest BCUT2D eigenvalue weighted by Crippen LogP contribution is 2.25. The summed E-state index contributed by atoms with van der Waals surface area (Å²) in [6, 6.07) is 1.48. The minimum Gasteiger partial charge on any atom is -0.337 e. The maximum atomic E-state index is 12.3. The monoisotopic (exact) mass is 299 g/mol. The first kappa shape index (κ1) is 14.4. The molecule has 3 heterocycles. The van der Waals surface area contributed by atoms with Gasteiger partial charge in [-0.15, -0.1) is 0 Å². The molecule has 1 amide bonds. The summed E-state index contributed by atoms with van der Waals surface area (Å²) >= 11 is 0. The van der Waals surface area contributed by atoms with Crippen LogP contribution in [-0.4, -0.2) is 43.8 Å². The van der Waals surface area contributed by atoms with E-state index < -0.39 is 0 Å². The van der Waals surface area contributed by atoms with E-state index in [-0.39, 0.29) is 17.4 Å². The Hall–Kier alpha value is -2.57. The van der Waals surface area contributed by atoms with Gasteiger partial charge < -0.3 is 9.88 Å². The van der Waals surface area contributed by atoms with Crippen LogP contribution in [0.3, 0.4) is 0 Å². The minimum absolute atomic E-state index is 0.0998. The molecule has 2 aromatic heterocycles. The van der Waals surface area contributed by atoms with E-state index in [1.807, 2.05) is 6.92 Å². The molecule has 0 spiro atoms. The minimum atomic E-state index is -0.124. The van der Waals surface area contributed by atoms with Crippen LogP contribution in [0.5, 0.6) is 0 Å². The van der Waals surface area contributed by atoms with Gasteiger partial charge in [0.1, 0.15) is 11.5 Å². The van der Waals surface area contributed by atoms with Crippen LogP contribution in [0.4, 0.5) is 0 Å². The van der Waals surface area contributed by atoms with E-state index >= 15 is 0 Å². The predicted octanol–water partition coefficient (Wildman–Crippen LogP) is 0.888. The van der Waals surface area contributed by atoms with Gasteiger partial charge >= 0.3 is 0 Å². The lowest BCUT2D eigenvalue weighted by Gasteiger charge is -2.31. The Labute approximate surface area is 127 Å². The molecule has 1 aliphatic rings. The number of nitrogens with zero attached hydrogens (tertiary/aromatic N) is 4. The maximum Gasteiger partial charge on any atom is 0.274 e. The zero-order valence-corrected chi connectivity index (χ0v) is 12.3. The number of aromatic amines is 1. The summed E-state index contributed by atoms with van der Waals surface area (Å²) < 4.78 is 0. The van der Waals surface area contributed by atoms with Crippen molar-refractivity contribution in [3.05, 3.63) is 52.2 Å². The molecule has 7 nitrogen and oxygen atoms in total. The van der Waals surface area contributed by atoms with Crippen LogP contribution in [0.1, 0.15) is 40.8 Å². The Morgan fingerprint density at radius 3 is 2.73 bits per heavy atom. The van der Waals surface area contributed by atoms with Gasteiger partial charge in [0.15, 0.2) is 0 Å². The summed E-state index contributed by atoms with van der Waals surface area (Å²) in [5.74, 6) is 0.798. The quantitative estimate of drug-likeness (QED) is 0.889. The number of aryl methyl sites for hydroxylation is 1. The first-order valence-electron chi connectivity index (χ1n) is 7.26. The molecule has 1 fully saturated rings. The van der Waals surface area contributed by atoms with E-state index in [0.717, 1.165) is 24.4 Å². The SMILES string of the molecule is Cc1cc(=O)[nH]c(C2CCN(C(=O)c3cnccn3)CC2)n1. The molecule has 0 aliphatic carbocycles. The van der Waals surface area contributed by atoms with Gasteiger partial charge in [-0.05, 0) is 19.8 Å². The van der Waals surface area contributed by atoms with Gasteiger partial charge in [0.05, 0.1) is 6.20 Å². The van der Waals surface area contributed by atoms with Gasteiger partial charge in [-0.1, -0.05) is 0 Å². The van der Waals surface area contributed by atoms with Crippen molar-refractivity contribution in [2.45, 2.75) is 25.7 Å². The molecule has 22 heavy (non-hydrogen) atoms. The molecule has 0 atom stereocenters. The summed E-state index contributed by atoms with van der Waals surface area (Å²) in [7, 11) is 0. The molecule has 1 saturated heterocycles. The summed E-state index contributed by atoms with van der Waals surface area (Å²) in [6.07, 6.45) is 6.09. The highest BCUT2D eigenvalue weighted by Gasteiger charge is 2.26. The van der Waals surface area contributed by atoms with Gasteiger partial charge in [-0.3, -0.25) is 14.6 Å². The Balaban J connectivity index is 1.67. The molecule has 0 bridgehead atoms. The van der Waals surface area contributed by atoms with Gasteiger partial charge in [0.2, 0.25) is 0 Å². The lowest BCUT2D eigenvalue weighted by Crippen LogP contribution is -2.38. The third-order valence-corrected chi connectivity index (χ3v) is 3.84. The Morgan fingerprint density at radius 1 is 1.32 bits per heavy atom. The van der Waals surface area contributed by atoms with Crippen molar-refractivity contribution < 1.29 is 4.79 Å². The third-order valence-electron chi connectivity index (χ3n) is 3.84. The zero-order valence-electron chi connectivity index (χ0n) is 12.3. The lowest BCUT2D eigenvalue weighted by atomic mass is 9.95. The highest BCUT2D eigenvalue weighted by molar-refractivity contribution is 5.92. The summed E-state index contributed by atoms with van der Waals surface area (Å²) in [4.78, 5) is 40.8. The standard InChI is InChI=1S/C15H17N5O2/c1-10-8-13(21)19-14(18-10)11-2-6-20(7-3-11)15(22)12-9-16-4-5-17-12/h4-5,8-9,11H,2-3,6-7H2,1H3,(H,18,19,21). The number of carbonyl (C=O) groups is 1. The van der Waals surface area contributed by atoms with E-state index in [2.05, 4.69) is 19.9 Å². The topological polar surface area (TPSA) is 91.8 Å². The Bertz CT molecular complexity index is 720. The third kappa shape index (κ3) is 3.03. The van der Waals surface area contributed by atoms with Crippen LogP contribution in [0.2, 0.25) is 0 Å². The van der Waals surface area contributed by atoms with Crippen molar-refractivity contribution in [1.82, 2.24) is 24.8 Å². The molecule has 0 aromatic carbocycles. The van der Waals surface area contributed by atoms with Gasteiger partial charge in [0, 0.05) is 43.2 Å². The molecule has 0 radical (unpaired) electrons. The number of piperidine rings is 1. The number of H-pyrrole nitrogens is 1. The second-order valence-electron chi connectivity index (χ2n) is 5.43. The number of rotatable bonds is 2. The molecule has 7 heteroatoms. The maximum absolute atomic E-state index is 12.3. The van der Waals surface area contributed by atoms with E-state index in [1.165, 1.54) is 18.5 Å². The second kappa shape index (κ2) is 6.05. The largest absolute Gasteiger partial charge is 0.337 e. The lowest BCUT2D eigenvalue weighted by molar-refractivity contribution is 0.0704. The summed E-state index contributed by atoms with van der Waals surface area (Å²) in [5, 5.41) is 0. The Morgan fingerprint density at radius 2 is 2.09 bits per heavy atom. The van der Waals surface area contributed by atoms with Crippen molar-refractivity contribution in [3.8, 4) is 0 Å². The first-order valence-corrected chi connectivity index (χ1v) is 7.26. The van der Waals surface area contributed by atoms with Crippen molar-refractivity contribution in [2.24, 2.45) is 0 Å². The average molecular weight is 299 g/mol. The van der Waals surface area contributed by atoms with Gasteiger partial charge in [-0.2, -0.15) is 0 Å². The number of likely N-dealkylation sites (tertiary alicyclic amines) is 1. The van der Waals surface area contributed by atoms with E-state index in [1.54, 1.807) is 11.1 Å². The number of amides is 1. The Kier molecular flexibility index (Phi) is 3.95. The smallest absolute Gasteiger partial charge is 0.274 e. The molecular formula is C15H17N5O2. The number of hydrogen-bond acceptors (Lipinski definition) is 5. The van der Waals surface area contributed by atoms with Crippen molar-refractivity contribution in [2.75, 3.05) is 13.1 Å². The molecule has 1 aliphatic heterocycles. The molecule has 0 unspecified atom stereocenters. The van der Waals surface area contributed by atoms with Crippen LogP contribution >= 0.6 is 0 Å². The molecule has 1 N–H and O–H groups in total. The van der Waals surface area contributed by atoms with E-state index in [4.69, 9.17) is 0 Å². The van der Waals surface area contributed by atoms with Crippen LogP contribution < -0.4 is 5.56 Å². The summed E-state index contributed by atoms with van der Waals surface area (Å²) in [5.41, 5.74) is 0.959. The normalized spacial score (nSPS) is 15.8. The summed E-state index contributed by atoms with van der Waals surface area (Å²) in [6.45, 7) is 3.06. The molecular weight excluding hydrogens is 282 g/mol. The molecule has 2 aromatic rings. The molecule has 114 valence electrons. The van der Waals surface area contributed by atoms with Crippen molar-refractivity contribution >= 4 is 5.91 Å². The fourth-order valence-electron chi connectivity index (χ4n) is 2.72. The van der Waals surface area contributed by atoms with E-state index in [0.29, 0.717) is 18.8 Å². The van der Waals surface area contributed by atoms with Crippen LogP contribution in [0, 0.1) is 6.92 Å². The first-order chi connectivity index (χ1) is 10.6. The zero-order chi connectivity index (χ0) is 15.5. The van der Waals surface area contributed by atoms with Crippen LogP contribution in [0.15, 0.2) is 29.5 Å². The van der Waals surface area contributed by atoms with Crippen molar-refractivity contribution in [1.29, 1.82) is 0 Å². The molecule has 3 rings (SSSR count). The van der Waals surface area contributed by atoms with E-state index in [9.17, 15) is 9.59 Å². The number of carbonyl (C=O) groups excluding carboxylic acids is 1. The fraction of sp³-hybridized carbons (Fsp3) is 0.400. The average Bonchev–Trinajstić information content (AvgIpc) is 2.54. The van der Waals surface area contributed by atoms with Crippen LogP contribution in [-0.2, 0) is 0 Å². The van der Waals surface area contributed by atoms with Gasteiger partial charge in [-0.25, -0.2) is 9.97 Å². The van der Waals surface area contributed by atoms with Crippen molar-refractivity contribution in [3.63, 3.8) is 0 Å². The molecule has 0 saturated carbocycles. The number of nitrogens with one attached hydrogen (secondary N) is 1. The van der Waals surface area contributed by atoms with Crippen LogP contribution in [0.25, 0.3) is 0 Å². The predicted molar refractivity (Wildman–Crippen MR) is 79.5 cm³/mol. The number of hydrogen-bond donors (Lipinski definition) is 1. The highest BCUT2D eigenvalue weighted by atomic mass is 16.2. The van der Waals surface area contributed by atoms with Gasteiger partial charge in [0.25, 0.3) is 11.5 Å². The second-order valence-corrected chi connectivity index (χ2v) is 5.43. The fourth-order valence-corrected chi connectivity index (χ4v) is 2.72. The number of aromatic nitrogens is 4.